The number of hydrogen-bond acceptors (Lipinski definition) is 12. The molecule has 12 heteroatoms. The van der Waals surface area contributed by atoms with Crippen molar-refractivity contribution in [2.24, 2.45) is 45.3 Å². The molecule has 54 heavy (non-hydrogen) atoms. The number of aliphatic hydroxyl groups excluding tert-OH is 8. The summed E-state index contributed by atoms with van der Waals surface area (Å²) in [6.45, 7) is 17.1. The van der Waals surface area contributed by atoms with E-state index in [-0.39, 0.29) is 40.3 Å². The van der Waals surface area contributed by atoms with Crippen LogP contribution in [0.4, 0.5) is 0 Å². The lowest BCUT2D eigenvalue weighted by atomic mass is 9.35. The molecule has 0 amide bonds. The van der Waals surface area contributed by atoms with Gasteiger partial charge in [-0.15, -0.1) is 0 Å². The molecular formula is C42H70O12. The normalized spacial score (nSPS) is 51.9. The highest BCUT2D eigenvalue weighted by atomic mass is 16.8. The van der Waals surface area contributed by atoms with E-state index in [9.17, 15) is 40.9 Å². The van der Waals surface area contributed by atoms with Gasteiger partial charge in [0, 0.05) is 0 Å². The number of aliphatic hydroxyl groups is 8. The Kier molecular flexibility index (Phi) is 12.3. The monoisotopic (exact) mass is 766 g/mol. The molecule has 2 heterocycles. The summed E-state index contributed by atoms with van der Waals surface area (Å²) < 4.78 is 24.4. The van der Waals surface area contributed by atoms with Crippen LogP contribution in [-0.2, 0) is 18.9 Å². The summed E-state index contributed by atoms with van der Waals surface area (Å²) in [5, 5.41) is 85.4. The summed E-state index contributed by atoms with van der Waals surface area (Å²) in [7, 11) is 0. The van der Waals surface area contributed by atoms with Gasteiger partial charge < -0.3 is 59.8 Å². The highest BCUT2D eigenvalue weighted by Gasteiger charge is 2.70. The molecule has 6 aliphatic rings. The minimum absolute atomic E-state index is 0.00171. The van der Waals surface area contributed by atoms with E-state index < -0.39 is 80.0 Å². The Morgan fingerprint density at radius 1 is 0.667 bits per heavy atom. The van der Waals surface area contributed by atoms with E-state index in [0.29, 0.717) is 18.3 Å². The van der Waals surface area contributed by atoms with E-state index >= 15 is 0 Å². The van der Waals surface area contributed by atoms with Gasteiger partial charge in [-0.05, 0) is 117 Å². The molecule has 0 spiro atoms. The molecule has 2 saturated heterocycles. The van der Waals surface area contributed by atoms with E-state index in [4.69, 9.17) is 18.9 Å². The van der Waals surface area contributed by atoms with E-state index in [0.717, 1.165) is 44.9 Å². The van der Waals surface area contributed by atoms with Gasteiger partial charge in [-0.3, -0.25) is 0 Å². The van der Waals surface area contributed by atoms with Crippen molar-refractivity contribution in [2.45, 2.75) is 180 Å². The molecule has 19 unspecified atom stereocenters. The Morgan fingerprint density at radius 2 is 1.28 bits per heavy atom. The number of ether oxygens (including phenoxy) is 4. The van der Waals surface area contributed by atoms with Crippen molar-refractivity contribution >= 4 is 0 Å². The zero-order valence-electron chi connectivity index (χ0n) is 33.7. The Hall–Kier alpha value is -1.00. The molecule has 6 fully saturated rings. The molecule has 8 N–H and O–H groups in total. The van der Waals surface area contributed by atoms with Gasteiger partial charge >= 0.3 is 0 Å². The van der Waals surface area contributed by atoms with Crippen molar-refractivity contribution < 1.29 is 59.8 Å². The van der Waals surface area contributed by atoms with Crippen LogP contribution in [0.15, 0.2) is 23.3 Å². The van der Waals surface area contributed by atoms with E-state index in [1.165, 1.54) is 11.1 Å². The van der Waals surface area contributed by atoms with Crippen molar-refractivity contribution in [1.82, 2.24) is 0 Å². The van der Waals surface area contributed by atoms with Crippen LogP contribution in [0.5, 0.6) is 0 Å². The fraction of sp³-hybridized carbons (Fsp3) is 0.905. The average molecular weight is 767 g/mol. The van der Waals surface area contributed by atoms with Crippen LogP contribution < -0.4 is 0 Å². The third-order valence-electron chi connectivity index (χ3n) is 16.1. The minimum atomic E-state index is -1.74. The van der Waals surface area contributed by atoms with Crippen molar-refractivity contribution in [2.75, 3.05) is 13.2 Å². The zero-order valence-corrected chi connectivity index (χ0v) is 33.7. The minimum Gasteiger partial charge on any atom is -0.394 e. The topological polar surface area (TPSA) is 199 Å². The maximum Gasteiger partial charge on any atom is 0.187 e. The number of allylic oxidation sites excluding steroid dienone is 4. The van der Waals surface area contributed by atoms with Crippen LogP contribution in [0.3, 0.4) is 0 Å². The van der Waals surface area contributed by atoms with Gasteiger partial charge in [0.05, 0.1) is 25.4 Å². The molecule has 4 aliphatic carbocycles. The van der Waals surface area contributed by atoms with E-state index in [1.54, 1.807) is 0 Å². The van der Waals surface area contributed by atoms with Crippen molar-refractivity contribution in [3.63, 3.8) is 0 Å². The molecule has 0 bridgehead atoms. The van der Waals surface area contributed by atoms with Crippen LogP contribution in [0.1, 0.15) is 107 Å². The molecule has 0 aromatic heterocycles. The Balaban J connectivity index is 1.23. The predicted molar refractivity (Wildman–Crippen MR) is 199 cm³/mol. The van der Waals surface area contributed by atoms with Gasteiger partial charge in [-0.25, -0.2) is 0 Å². The lowest BCUT2D eigenvalue weighted by molar-refractivity contribution is -0.378. The summed E-state index contributed by atoms with van der Waals surface area (Å²) in [6.07, 6.45) is -3.65. The molecule has 6 rings (SSSR count). The fourth-order valence-electron chi connectivity index (χ4n) is 12.9. The predicted octanol–water partition coefficient (Wildman–Crippen LogP) is 2.95. The van der Waals surface area contributed by atoms with Crippen LogP contribution >= 0.6 is 0 Å². The average Bonchev–Trinajstić information content (AvgIpc) is 3.49. The van der Waals surface area contributed by atoms with E-state index in [1.807, 2.05) is 0 Å². The van der Waals surface area contributed by atoms with Crippen molar-refractivity contribution in [3.05, 3.63) is 23.3 Å². The number of rotatable bonds is 9. The van der Waals surface area contributed by atoms with E-state index in [2.05, 4.69) is 67.5 Å². The standard InChI is InChI=1S/C42H70O12/c1-21(2)10-9-11-22(3)23-12-16-42(8)30(23)24(45)18-28-40(6)15-14-29(39(4,5)27(40)13-17-41(28,42)7)53-38-36(34(49)32(47)26(20-44)52-38)54-37-35(50)33(48)31(46)25(19-43)51-37/h10-11,23-38,43-50H,9,12-20H2,1-8H3/b22-11-. The second-order valence-electron chi connectivity index (χ2n) is 19.4. The van der Waals surface area contributed by atoms with Crippen LogP contribution in [-0.4, -0.2) is 128 Å². The SMILES string of the molecule is CC(C)=CC/C=C(/C)C1CCC2(C)C1C(O)CC1C3(C)CCC(OC4OC(CO)C(O)C(O)C4OC4OC(CO)C(O)C(O)C4O)C(C)(C)C3CCC12C. The molecule has 0 aromatic carbocycles. The molecule has 12 nitrogen and oxygen atoms in total. The highest BCUT2D eigenvalue weighted by Crippen LogP contribution is 2.75. The van der Waals surface area contributed by atoms with Crippen LogP contribution in [0.2, 0.25) is 0 Å². The van der Waals surface area contributed by atoms with Gasteiger partial charge in [-0.2, -0.15) is 0 Å². The zero-order chi connectivity index (χ0) is 39.7. The largest absolute Gasteiger partial charge is 0.394 e. The summed E-state index contributed by atoms with van der Waals surface area (Å²) >= 11 is 0. The first-order chi connectivity index (χ1) is 25.3. The Morgan fingerprint density at radius 3 is 1.91 bits per heavy atom. The van der Waals surface area contributed by atoms with Gasteiger partial charge in [0.2, 0.25) is 0 Å². The quantitative estimate of drug-likeness (QED) is 0.126. The molecule has 4 saturated carbocycles. The third kappa shape index (κ3) is 6.89. The first kappa shape index (κ1) is 42.6. The molecule has 2 aliphatic heterocycles. The van der Waals surface area contributed by atoms with Crippen LogP contribution in [0.25, 0.3) is 0 Å². The van der Waals surface area contributed by atoms with Gasteiger partial charge in [0.15, 0.2) is 12.6 Å². The molecule has 0 radical (unpaired) electrons. The third-order valence-corrected chi connectivity index (χ3v) is 16.1. The maximum absolute atomic E-state index is 12.1. The lowest BCUT2D eigenvalue weighted by Crippen LogP contribution is -2.67. The Labute approximate surface area is 321 Å². The second kappa shape index (κ2) is 15.6. The van der Waals surface area contributed by atoms with Gasteiger partial charge in [0.25, 0.3) is 0 Å². The van der Waals surface area contributed by atoms with Crippen LogP contribution in [0, 0.1) is 45.3 Å². The second-order valence-corrected chi connectivity index (χ2v) is 19.4. The van der Waals surface area contributed by atoms with Gasteiger partial charge in [0.1, 0.15) is 48.8 Å². The maximum atomic E-state index is 12.1. The first-order valence-corrected chi connectivity index (χ1v) is 20.5. The number of hydrogen-bond donors (Lipinski definition) is 8. The summed E-state index contributed by atoms with van der Waals surface area (Å²) in [5.41, 5.74) is 2.29. The first-order valence-electron chi connectivity index (χ1n) is 20.5. The van der Waals surface area contributed by atoms with Crippen molar-refractivity contribution in [1.29, 1.82) is 0 Å². The molecule has 0 aromatic rings. The van der Waals surface area contributed by atoms with Crippen molar-refractivity contribution in [3.8, 4) is 0 Å². The summed E-state index contributed by atoms with van der Waals surface area (Å²) in [4.78, 5) is 0. The smallest absolute Gasteiger partial charge is 0.187 e. The summed E-state index contributed by atoms with van der Waals surface area (Å²) in [5.74, 6) is 1.14. The lowest BCUT2D eigenvalue weighted by Gasteiger charge is -2.70. The fourth-order valence-corrected chi connectivity index (χ4v) is 12.9. The highest BCUT2D eigenvalue weighted by molar-refractivity contribution is 5.23. The summed E-state index contributed by atoms with van der Waals surface area (Å²) in [6, 6.07) is 0. The Bertz CT molecular complexity index is 1380. The number of fused-ring (bicyclic) bond motifs is 5. The molecular weight excluding hydrogens is 696 g/mol. The molecule has 19 atom stereocenters. The van der Waals surface area contributed by atoms with Gasteiger partial charge in [-0.1, -0.05) is 57.9 Å². The molecule has 310 valence electrons.